The van der Waals surface area contributed by atoms with E-state index in [9.17, 15) is 14.4 Å². The van der Waals surface area contributed by atoms with Gasteiger partial charge in [0, 0.05) is 40.9 Å². The minimum Gasteiger partial charge on any atom is -0.494 e. The Balaban J connectivity index is 1.43. The quantitative estimate of drug-likeness (QED) is 0.185. The molecule has 0 atom stereocenters. The minimum atomic E-state index is -0.342. The van der Waals surface area contributed by atoms with Crippen molar-refractivity contribution in [1.29, 1.82) is 0 Å². The Labute approximate surface area is 228 Å². The first-order valence-electron chi connectivity index (χ1n) is 13.4. The first kappa shape index (κ1) is 26.2. The zero-order valence-corrected chi connectivity index (χ0v) is 22.6. The van der Waals surface area contributed by atoms with Gasteiger partial charge >= 0.3 is 0 Å². The summed E-state index contributed by atoms with van der Waals surface area (Å²) in [5.74, 6) is -0.172. The standard InChI is InChI=1S/C33H32N2O4/c1-4-5-20-39-26-15-13-25(14-16-26)31(36)34(29-17-12-22(2)21-23(29)3)18-19-35-32(37)27-10-6-8-24-9-7-11-28(30(24)27)33(35)38/h6-17,21H,4-5,18-20H2,1-3H3. The van der Waals surface area contributed by atoms with Gasteiger partial charge in [-0.05, 0) is 73.7 Å². The number of ether oxygens (including phenoxy) is 1. The van der Waals surface area contributed by atoms with Gasteiger partial charge in [-0.2, -0.15) is 0 Å². The average molecular weight is 521 g/mol. The smallest absolute Gasteiger partial charge is 0.261 e. The second kappa shape index (κ2) is 11.1. The van der Waals surface area contributed by atoms with Gasteiger partial charge in [-0.15, -0.1) is 0 Å². The predicted molar refractivity (Wildman–Crippen MR) is 154 cm³/mol. The average Bonchev–Trinajstić information content (AvgIpc) is 2.94. The summed E-state index contributed by atoms with van der Waals surface area (Å²) in [6.07, 6.45) is 2.01. The molecule has 0 bridgehead atoms. The van der Waals surface area contributed by atoms with E-state index < -0.39 is 0 Å². The second-order valence-electron chi connectivity index (χ2n) is 9.94. The number of carbonyl (C=O) groups is 3. The molecule has 0 fully saturated rings. The lowest BCUT2D eigenvalue weighted by atomic mass is 9.94. The topological polar surface area (TPSA) is 66.9 Å². The molecule has 1 heterocycles. The molecule has 5 rings (SSSR count). The number of hydrogen-bond acceptors (Lipinski definition) is 4. The van der Waals surface area contributed by atoms with Crippen LogP contribution in [0.4, 0.5) is 5.69 Å². The van der Waals surface area contributed by atoms with Crippen LogP contribution in [0.15, 0.2) is 78.9 Å². The molecular weight excluding hydrogens is 488 g/mol. The fourth-order valence-corrected chi connectivity index (χ4v) is 5.11. The maximum atomic E-state index is 13.8. The van der Waals surface area contributed by atoms with Crippen molar-refractivity contribution >= 4 is 34.2 Å². The third-order valence-corrected chi connectivity index (χ3v) is 7.16. The third-order valence-electron chi connectivity index (χ3n) is 7.16. The molecule has 39 heavy (non-hydrogen) atoms. The Bertz CT molecular complexity index is 1510. The van der Waals surface area contributed by atoms with Crippen LogP contribution in [0.1, 0.15) is 62.0 Å². The normalized spacial score (nSPS) is 12.6. The molecule has 4 aromatic carbocycles. The lowest BCUT2D eigenvalue weighted by Gasteiger charge is -2.31. The van der Waals surface area contributed by atoms with E-state index in [0.29, 0.717) is 28.7 Å². The first-order valence-corrected chi connectivity index (χ1v) is 13.4. The van der Waals surface area contributed by atoms with Gasteiger partial charge in [0.25, 0.3) is 17.7 Å². The zero-order chi connectivity index (χ0) is 27.5. The van der Waals surface area contributed by atoms with E-state index in [-0.39, 0.29) is 30.8 Å². The Hall–Kier alpha value is -4.45. The minimum absolute atomic E-state index is 0.0691. The molecule has 0 unspecified atom stereocenters. The number of amides is 3. The summed E-state index contributed by atoms with van der Waals surface area (Å²) in [4.78, 5) is 43.6. The summed E-state index contributed by atoms with van der Waals surface area (Å²) in [6, 6.07) is 24.0. The lowest BCUT2D eigenvalue weighted by molar-refractivity contribution is 0.0611. The van der Waals surface area contributed by atoms with Crippen LogP contribution in [0.2, 0.25) is 0 Å². The van der Waals surface area contributed by atoms with Crippen molar-refractivity contribution < 1.29 is 19.1 Å². The van der Waals surface area contributed by atoms with Gasteiger partial charge < -0.3 is 9.64 Å². The highest BCUT2D eigenvalue weighted by atomic mass is 16.5. The highest BCUT2D eigenvalue weighted by molar-refractivity contribution is 6.25. The number of rotatable bonds is 9. The number of benzene rings is 4. The monoisotopic (exact) mass is 520 g/mol. The largest absolute Gasteiger partial charge is 0.494 e. The summed E-state index contributed by atoms with van der Waals surface area (Å²) in [6.45, 7) is 6.93. The number of carbonyl (C=O) groups excluding carboxylic acids is 3. The molecule has 0 saturated heterocycles. The highest BCUT2D eigenvalue weighted by Crippen LogP contribution is 2.30. The van der Waals surface area contributed by atoms with Gasteiger partial charge in [0.1, 0.15) is 5.75 Å². The molecule has 1 aliphatic heterocycles. The molecule has 0 aliphatic carbocycles. The third kappa shape index (κ3) is 5.15. The molecule has 0 saturated carbocycles. The Morgan fingerprint density at radius 3 is 2.15 bits per heavy atom. The molecule has 6 nitrogen and oxygen atoms in total. The van der Waals surface area contributed by atoms with Gasteiger partial charge in [0.05, 0.1) is 6.61 Å². The van der Waals surface area contributed by atoms with E-state index in [1.807, 2.05) is 56.3 Å². The molecule has 1 aliphatic rings. The molecule has 0 radical (unpaired) electrons. The van der Waals surface area contributed by atoms with Crippen LogP contribution in [0, 0.1) is 13.8 Å². The molecule has 0 spiro atoms. The van der Waals surface area contributed by atoms with E-state index in [1.165, 1.54) is 4.90 Å². The molecule has 6 heteroatoms. The lowest BCUT2D eigenvalue weighted by Crippen LogP contribution is -2.46. The predicted octanol–water partition coefficient (Wildman–Crippen LogP) is 6.58. The van der Waals surface area contributed by atoms with E-state index in [0.717, 1.165) is 40.8 Å². The van der Waals surface area contributed by atoms with E-state index >= 15 is 0 Å². The SMILES string of the molecule is CCCCOc1ccc(C(=O)N(CCN2C(=O)c3cccc4cccc(c34)C2=O)c2ccc(C)cc2C)cc1. The molecule has 3 amide bonds. The van der Waals surface area contributed by atoms with E-state index in [2.05, 4.69) is 6.92 Å². The first-order chi connectivity index (χ1) is 18.9. The molecular formula is C33H32N2O4. The van der Waals surface area contributed by atoms with Gasteiger partial charge in [-0.3, -0.25) is 19.3 Å². The van der Waals surface area contributed by atoms with Crippen LogP contribution in [0.5, 0.6) is 5.75 Å². The maximum Gasteiger partial charge on any atom is 0.261 e. The fourth-order valence-electron chi connectivity index (χ4n) is 5.11. The van der Waals surface area contributed by atoms with Gasteiger partial charge in [0.2, 0.25) is 0 Å². The Kier molecular flexibility index (Phi) is 7.46. The molecule has 0 aromatic heterocycles. The van der Waals surface area contributed by atoms with Crippen LogP contribution in [-0.2, 0) is 0 Å². The Morgan fingerprint density at radius 2 is 1.54 bits per heavy atom. The van der Waals surface area contributed by atoms with Crippen molar-refractivity contribution in [3.8, 4) is 5.75 Å². The summed E-state index contributed by atoms with van der Waals surface area (Å²) in [5, 5.41) is 1.55. The van der Waals surface area contributed by atoms with Crippen molar-refractivity contribution in [1.82, 2.24) is 4.90 Å². The van der Waals surface area contributed by atoms with E-state index in [1.54, 1.807) is 41.3 Å². The van der Waals surface area contributed by atoms with Crippen LogP contribution in [-0.4, -0.2) is 42.3 Å². The summed E-state index contributed by atoms with van der Waals surface area (Å²) in [7, 11) is 0. The maximum absolute atomic E-state index is 13.8. The van der Waals surface area contributed by atoms with Crippen LogP contribution >= 0.6 is 0 Å². The van der Waals surface area contributed by atoms with Crippen molar-refractivity contribution in [2.24, 2.45) is 0 Å². The second-order valence-corrected chi connectivity index (χ2v) is 9.94. The van der Waals surface area contributed by atoms with Gasteiger partial charge in [-0.25, -0.2) is 0 Å². The van der Waals surface area contributed by atoms with Crippen molar-refractivity contribution in [2.75, 3.05) is 24.6 Å². The van der Waals surface area contributed by atoms with Crippen LogP contribution < -0.4 is 9.64 Å². The summed E-state index contributed by atoms with van der Waals surface area (Å²) >= 11 is 0. The number of nitrogens with zero attached hydrogens (tertiary/aromatic N) is 2. The summed E-state index contributed by atoms with van der Waals surface area (Å²) < 4.78 is 5.75. The van der Waals surface area contributed by atoms with Gasteiger partial charge in [-0.1, -0.05) is 55.3 Å². The fraction of sp³-hybridized carbons (Fsp3) is 0.242. The molecule has 198 valence electrons. The zero-order valence-electron chi connectivity index (χ0n) is 22.6. The number of imide groups is 1. The number of anilines is 1. The highest BCUT2D eigenvalue weighted by Gasteiger charge is 2.33. The van der Waals surface area contributed by atoms with Crippen molar-refractivity contribution in [2.45, 2.75) is 33.6 Å². The van der Waals surface area contributed by atoms with Crippen molar-refractivity contribution in [3.63, 3.8) is 0 Å². The molecule has 0 N–H and O–H groups in total. The number of aryl methyl sites for hydroxylation is 2. The number of unbranched alkanes of at least 4 members (excludes halogenated alkanes) is 1. The summed E-state index contributed by atoms with van der Waals surface area (Å²) in [5.41, 5.74) is 4.28. The van der Waals surface area contributed by atoms with Crippen LogP contribution in [0.25, 0.3) is 10.8 Å². The molecule has 4 aromatic rings. The number of hydrogen-bond donors (Lipinski definition) is 0. The Morgan fingerprint density at radius 1 is 0.872 bits per heavy atom. The van der Waals surface area contributed by atoms with Crippen molar-refractivity contribution in [3.05, 3.63) is 107 Å². The van der Waals surface area contributed by atoms with Crippen LogP contribution in [0.3, 0.4) is 0 Å². The van der Waals surface area contributed by atoms with Gasteiger partial charge in [0.15, 0.2) is 0 Å². The van der Waals surface area contributed by atoms with E-state index in [4.69, 9.17) is 4.74 Å².